The molecule has 0 aromatic heterocycles. The second kappa shape index (κ2) is 9.47. The highest BCUT2D eigenvalue weighted by atomic mass is 35.5. The SMILES string of the molecule is CC(C)NC(=O)C(=O)N/N=C\c1ccc(Oc2ccc(Cl)cc2[N+](=O)[O-])cc1. The normalized spacial score (nSPS) is 10.7. The number of nitrogens with zero attached hydrogens (tertiary/aromatic N) is 2. The first kappa shape index (κ1) is 20.8. The molecule has 0 heterocycles. The van der Waals surface area contributed by atoms with Gasteiger partial charge in [0, 0.05) is 17.1 Å². The minimum absolute atomic E-state index is 0.0549. The van der Waals surface area contributed by atoms with E-state index in [1.807, 2.05) is 0 Å². The van der Waals surface area contributed by atoms with E-state index in [-0.39, 0.29) is 22.5 Å². The van der Waals surface area contributed by atoms with E-state index in [2.05, 4.69) is 15.8 Å². The molecule has 10 heteroatoms. The van der Waals surface area contributed by atoms with Gasteiger partial charge in [-0.2, -0.15) is 5.10 Å². The second-order valence-electron chi connectivity index (χ2n) is 5.87. The maximum absolute atomic E-state index is 11.5. The first-order chi connectivity index (χ1) is 13.3. The Bertz CT molecular complexity index is 913. The molecule has 0 atom stereocenters. The van der Waals surface area contributed by atoms with Crippen LogP contribution >= 0.6 is 11.6 Å². The first-order valence-electron chi connectivity index (χ1n) is 8.12. The summed E-state index contributed by atoms with van der Waals surface area (Å²) in [4.78, 5) is 33.5. The molecule has 2 N–H and O–H groups in total. The molecule has 2 aromatic rings. The molecule has 0 aliphatic rings. The van der Waals surface area contributed by atoms with Gasteiger partial charge in [-0.1, -0.05) is 11.6 Å². The zero-order valence-corrected chi connectivity index (χ0v) is 15.8. The van der Waals surface area contributed by atoms with Crippen LogP contribution in [0.1, 0.15) is 19.4 Å². The van der Waals surface area contributed by atoms with Crippen molar-refractivity contribution < 1.29 is 19.2 Å². The van der Waals surface area contributed by atoms with Crippen molar-refractivity contribution in [3.63, 3.8) is 0 Å². The maximum atomic E-state index is 11.5. The van der Waals surface area contributed by atoms with Crippen LogP contribution in [0, 0.1) is 10.1 Å². The van der Waals surface area contributed by atoms with Gasteiger partial charge in [0.25, 0.3) is 0 Å². The molecule has 0 bridgehead atoms. The van der Waals surface area contributed by atoms with Crippen LogP contribution < -0.4 is 15.5 Å². The predicted molar refractivity (Wildman–Crippen MR) is 104 cm³/mol. The Labute approximate surface area is 165 Å². The minimum atomic E-state index is -0.875. The average molecular weight is 405 g/mol. The Kier molecular flexibility index (Phi) is 7.05. The minimum Gasteiger partial charge on any atom is -0.450 e. The summed E-state index contributed by atoms with van der Waals surface area (Å²) in [5.41, 5.74) is 2.48. The summed E-state index contributed by atoms with van der Waals surface area (Å²) in [6.45, 7) is 3.47. The van der Waals surface area contributed by atoms with E-state index >= 15 is 0 Å². The van der Waals surface area contributed by atoms with Gasteiger partial charge in [-0.25, -0.2) is 5.43 Å². The fraction of sp³-hybridized carbons (Fsp3) is 0.167. The smallest absolute Gasteiger partial charge is 0.329 e. The summed E-state index contributed by atoms with van der Waals surface area (Å²) in [6.07, 6.45) is 1.34. The highest BCUT2D eigenvalue weighted by Gasteiger charge is 2.16. The molecule has 2 rings (SSSR count). The third-order valence-corrected chi connectivity index (χ3v) is 3.47. The summed E-state index contributed by atoms with van der Waals surface area (Å²) in [5.74, 6) is -1.23. The number of amides is 2. The van der Waals surface area contributed by atoms with E-state index < -0.39 is 16.7 Å². The van der Waals surface area contributed by atoms with Crippen LogP contribution in [-0.4, -0.2) is 29.0 Å². The number of carbonyl (C=O) groups excluding carboxylic acids is 2. The summed E-state index contributed by atoms with van der Waals surface area (Å²) in [7, 11) is 0. The number of halogens is 1. The standard InChI is InChI=1S/C18H17ClN4O5/c1-11(2)21-17(24)18(25)22-20-10-12-3-6-14(7-4-12)28-16-8-5-13(19)9-15(16)23(26)27/h3-11H,1-2H3,(H,21,24)(H,22,25)/b20-10-. The first-order valence-corrected chi connectivity index (χ1v) is 8.50. The van der Waals surface area contributed by atoms with Gasteiger partial charge in [-0.3, -0.25) is 19.7 Å². The van der Waals surface area contributed by atoms with Crippen molar-refractivity contribution in [3.05, 3.63) is 63.2 Å². The number of rotatable bonds is 6. The molecule has 2 aromatic carbocycles. The fourth-order valence-electron chi connectivity index (χ4n) is 2.01. The lowest BCUT2D eigenvalue weighted by Crippen LogP contribution is -2.41. The Morgan fingerprint density at radius 3 is 2.46 bits per heavy atom. The number of nitro groups is 1. The molecule has 0 saturated heterocycles. The number of ether oxygens (including phenoxy) is 1. The zero-order valence-electron chi connectivity index (χ0n) is 15.0. The summed E-state index contributed by atoms with van der Waals surface area (Å²) < 4.78 is 5.52. The van der Waals surface area contributed by atoms with Crippen LogP contribution in [0.4, 0.5) is 5.69 Å². The third kappa shape index (κ3) is 6.06. The van der Waals surface area contributed by atoms with Gasteiger partial charge in [-0.15, -0.1) is 0 Å². The van der Waals surface area contributed by atoms with E-state index in [1.54, 1.807) is 38.1 Å². The zero-order chi connectivity index (χ0) is 20.7. The van der Waals surface area contributed by atoms with Crippen molar-refractivity contribution in [2.24, 2.45) is 5.10 Å². The number of hydrazone groups is 1. The Morgan fingerprint density at radius 1 is 1.18 bits per heavy atom. The van der Waals surface area contributed by atoms with E-state index in [0.29, 0.717) is 11.3 Å². The van der Waals surface area contributed by atoms with E-state index in [1.165, 1.54) is 24.4 Å². The maximum Gasteiger partial charge on any atom is 0.329 e. The van der Waals surface area contributed by atoms with Crippen molar-refractivity contribution >= 4 is 35.3 Å². The predicted octanol–water partition coefficient (Wildman–Crippen LogP) is 3.02. The lowest BCUT2D eigenvalue weighted by Gasteiger charge is -2.07. The van der Waals surface area contributed by atoms with Crippen LogP contribution in [0.5, 0.6) is 11.5 Å². The van der Waals surface area contributed by atoms with Crippen molar-refractivity contribution in [2.45, 2.75) is 19.9 Å². The van der Waals surface area contributed by atoms with Crippen molar-refractivity contribution in [2.75, 3.05) is 0 Å². The molecule has 0 aliphatic heterocycles. The van der Waals surface area contributed by atoms with Gasteiger partial charge >= 0.3 is 17.5 Å². The molecule has 0 unspecified atom stereocenters. The van der Waals surface area contributed by atoms with Crippen molar-refractivity contribution in [1.82, 2.24) is 10.7 Å². The van der Waals surface area contributed by atoms with Gasteiger partial charge in [0.2, 0.25) is 5.75 Å². The fourth-order valence-corrected chi connectivity index (χ4v) is 2.18. The van der Waals surface area contributed by atoms with Gasteiger partial charge in [0.05, 0.1) is 11.1 Å². The second-order valence-corrected chi connectivity index (χ2v) is 6.30. The van der Waals surface area contributed by atoms with E-state index in [0.717, 1.165) is 0 Å². The molecule has 2 amide bonds. The van der Waals surface area contributed by atoms with Gasteiger partial charge in [0.1, 0.15) is 5.75 Å². The monoisotopic (exact) mass is 404 g/mol. The third-order valence-electron chi connectivity index (χ3n) is 3.23. The van der Waals surface area contributed by atoms with Gasteiger partial charge in [0.15, 0.2) is 0 Å². The lowest BCUT2D eigenvalue weighted by atomic mass is 10.2. The van der Waals surface area contributed by atoms with E-state index in [4.69, 9.17) is 16.3 Å². The van der Waals surface area contributed by atoms with Crippen LogP contribution in [0.3, 0.4) is 0 Å². The molecule has 28 heavy (non-hydrogen) atoms. The molecule has 0 aliphatic carbocycles. The molecule has 0 saturated carbocycles. The molecule has 0 radical (unpaired) electrons. The van der Waals surface area contributed by atoms with Crippen molar-refractivity contribution in [3.8, 4) is 11.5 Å². The number of hydrogen-bond acceptors (Lipinski definition) is 6. The molecular weight excluding hydrogens is 388 g/mol. The number of carbonyl (C=O) groups is 2. The molecule has 146 valence electrons. The van der Waals surface area contributed by atoms with Crippen LogP contribution in [-0.2, 0) is 9.59 Å². The van der Waals surface area contributed by atoms with Gasteiger partial charge in [-0.05, 0) is 55.8 Å². The lowest BCUT2D eigenvalue weighted by molar-refractivity contribution is -0.385. The molecular formula is C18H17ClN4O5. The number of hydrogen-bond donors (Lipinski definition) is 2. The summed E-state index contributed by atoms with van der Waals surface area (Å²) in [5, 5.41) is 17.5. The highest BCUT2D eigenvalue weighted by Crippen LogP contribution is 2.33. The molecule has 0 spiro atoms. The topological polar surface area (TPSA) is 123 Å². The molecule has 0 fully saturated rings. The average Bonchev–Trinajstić information content (AvgIpc) is 2.63. The van der Waals surface area contributed by atoms with Crippen LogP contribution in [0.2, 0.25) is 5.02 Å². The van der Waals surface area contributed by atoms with Crippen molar-refractivity contribution in [1.29, 1.82) is 0 Å². The number of benzene rings is 2. The van der Waals surface area contributed by atoms with Crippen LogP contribution in [0.25, 0.3) is 0 Å². The Hall–Kier alpha value is -3.46. The largest absolute Gasteiger partial charge is 0.450 e. The molecule has 9 nitrogen and oxygen atoms in total. The Balaban J connectivity index is 2.00. The summed E-state index contributed by atoms with van der Waals surface area (Å²) >= 11 is 5.77. The van der Waals surface area contributed by atoms with Gasteiger partial charge < -0.3 is 10.1 Å². The van der Waals surface area contributed by atoms with E-state index in [9.17, 15) is 19.7 Å². The quantitative estimate of drug-likeness (QED) is 0.331. The highest BCUT2D eigenvalue weighted by molar-refractivity contribution is 6.35. The Morgan fingerprint density at radius 2 is 1.86 bits per heavy atom. The summed E-state index contributed by atoms with van der Waals surface area (Å²) in [6, 6.07) is 10.3. The van der Waals surface area contributed by atoms with Crippen LogP contribution in [0.15, 0.2) is 47.6 Å². The number of nitrogens with one attached hydrogen (secondary N) is 2. The number of nitro benzene ring substituents is 1.